The van der Waals surface area contributed by atoms with Gasteiger partial charge in [0.05, 0.1) is 38.6 Å². The van der Waals surface area contributed by atoms with Gasteiger partial charge in [-0.3, -0.25) is 4.79 Å². The lowest BCUT2D eigenvalue weighted by molar-refractivity contribution is -0.379. The Hall–Kier alpha value is -1.99. The topological polar surface area (TPSA) is 307 Å². The van der Waals surface area contributed by atoms with Crippen LogP contribution in [0.4, 0.5) is 0 Å². The molecule has 98 heavy (non-hydrogen) atoms. The number of hydrogen-bond acceptors (Lipinski definition) is 18. The Bertz CT molecular complexity index is 1910. The van der Waals surface area contributed by atoms with Gasteiger partial charge in [-0.2, -0.15) is 0 Å². The van der Waals surface area contributed by atoms with Crippen molar-refractivity contribution >= 4 is 5.91 Å². The maximum absolute atomic E-state index is 13.4. The summed E-state index contributed by atoms with van der Waals surface area (Å²) in [5.41, 5.74) is 0. The summed E-state index contributed by atoms with van der Waals surface area (Å²) in [4.78, 5) is 13.4. The van der Waals surface area contributed by atoms with Crippen LogP contribution in [0.3, 0.4) is 0 Å². The van der Waals surface area contributed by atoms with Crippen molar-refractivity contribution in [3.63, 3.8) is 0 Å². The van der Waals surface area contributed by atoms with E-state index < -0.39 is 124 Å². The molecule has 19 heteroatoms. The highest BCUT2D eigenvalue weighted by atomic mass is 16.8. The van der Waals surface area contributed by atoms with Crippen molar-refractivity contribution in [3.05, 3.63) is 36.5 Å². The van der Waals surface area contributed by atoms with Gasteiger partial charge in [-0.1, -0.05) is 314 Å². The van der Waals surface area contributed by atoms with Crippen molar-refractivity contribution in [1.29, 1.82) is 0 Å². The number of aliphatic hydroxyl groups excluding tert-OH is 11. The predicted octanol–water partition coefficient (Wildman–Crippen LogP) is 13.1. The average Bonchev–Trinajstić information content (AvgIpc) is 0.785. The Morgan fingerprint density at radius 3 is 1.02 bits per heavy atom. The van der Waals surface area contributed by atoms with Crippen LogP contribution in [0.15, 0.2) is 36.5 Å². The summed E-state index contributed by atoms with van der Waals surface area (Å²) in [6, 6.07) is -0.994. The molecule has 3 fully saturated rings. The summed E-state index contributed by atoms with van der Waals surface area (Å²) < 4.78 is 34.3. The maximum atomic E-state index is 13.4. The Morgan fingerprint density at radius 2 is 0.653 bits per heavy atom. The minimum Gasteiger partial charge on any atom is -0.394 e. The normalized spacial score (nSPS) is 26.9. The summed E-state index contributed by atoms with van der Waals surface area (Å²) in [6.45, 7) is 1.71. The number of unbranched alkanes of at least 4 members (excludes halogenated alkanes) is 44. The first-order valence-corrected chi connectivity index (χ1v) is 40.2. The van der Waals surface area contributed by atoms with Gasteiger partial charge in [0.15, 0.2) is 18.9 Å². The van der Waals surface area contributed by atoms with Gasteiger partial charge in [0.25, 0.3) is 0 Å². The van der Waals surface area contributed by atoms with Crippen molar-refractivity contribution in [2.75, 3.05) is 26.4 Å². The summed E-state index contributed by atoms with van der Waals surface area (Å²) >= 11 is 0. The molecule has 0 aliphatic carbocycles. The van der Waals surface area contributed by atoms with E-state index in [1.54, 1.807) is 6.08 Å². The molecule has 0 spiro atoms. The minimum absolute atomic E-state index is 0.236. The molecule has 0 aromatic carbocycles. The molecule has 0 bridgehead atoms. The fourth-order valence-corrected chi connectivity index (χ4v) is 13.7. The lowest BCUT2D eigenvalue weighted by atomic mass is 9.96. The number of allylic oxidation sites excluding steroid dienone is 5. The van der Waals surface area contributed by atoms with Crippen molar-refractivity contribution in [1.82, 2.24) is 5.32 Å². The second-order valence-corrected chi connectivity index (χ2v) is 28.9. The number of ether oxygens (including phenoxy) is 6. The number of carbonyl (C=O) groups excluding carboxylic acids is 1. The lowest BCUT2D eigenvalue weighted by Crippen LogP contribution is -2.66. The van der Waals surface area contributed by atoms with E-state index in [0.29, 0.717) is 12.8 Å². The molecule has 3 aliphatic rings. The fourth-order valence-electron chi connectivity index (χ4n) is 13.7. The number of hydrogen-bond donors (Lipinski definition) is 12. The number of rotatable bonds is 64. The molecule has 3 rings (SSSR count). The molecule has 3 saturated heterocycles. The highest BCUT2D eigenvalue weighted by molar-refractivity contribution is 5.76. The van der Waals surface area contributed by atoms with Crippen molar-refractivity contribution in [2.45, 2.75) is 433 Å². The summed E-state index contributed by atoms with van der Waals surface area (Å²) in [7, 11) is 0. The van der Waals surface area contributed by atoms with E-state index in [1.807, 2.05) is 6.08 Å². The van der Waals surface area contributed by atoms with Crippen molar-refractivity contribution in [2.24, 2.45) is 0 Å². The molecule has 0 aromatic rings. The third-order valence-electron chi connectivity index (χ3n) is 20.2. The zero-order valence-electron chi connectivity index (χ0n) is 61.5. The molecule has 17 unspecified atom stereocenters. The Balaban J connectivity index is 1.28. The first-order valence-electron chi connectivity index (χ1n) is 40.2. The Labute approximate surface area is 593 Å². The summed E-state index contributed by atoms with van der Waals surface area (Å²) in [6.07, 6.45) is 47.6. The fraction of sp³-hybridized carbons (Fsp3) is 0.911. The van der Waals surface area contributed by atoms with E-state index in [9.17, 15) is 61.0 Å². The van der Waals surface area contributed by atoms with Crippen LogP contribution in [0, 0.1) is 0 Å². The molecule has 3 aliphatic heterocycles. The van der Waals surface area contributed by atoms with Gasteiger partial charge in [-0.15, -0.1) is 0 Å². The van der Waals surface area contributed by atoms with Crippen LogP contribution < -0.4 is 5.32 Å². The van der Waals surface area contributed by atoms with Crippen LogP contribution in [0.25, 0.3) is 0 Å². The van der Waals surface area contributed by atoms with E-state index in [4.69, 9.17) is 28.4 Å². The van der Waals surface area contributed by atoms with Crippen LogP contribution in [-0.2, 0) is 33.2 Å². The predicted molar refractivity (Wildman–Crippen MR) is 388 cm³/mol. The molecule has 576 valence electrons. The average molecular weight is 1400 g/mol. The summed E-state index contributed by atoms with van der Waals surface area (Å²) in [5.74, 6) is -0.285. The van der Waals surface area contributed by atoms with Crippen molar-refractivity contribution < 1.29 is 89.4 Å². The number of nitrogens with one attached hydrogen (secondary N) is 1. The Morgan fingerprint density at radius 1 is 0.357 bits per heavy atom. The second kappa shape index (κ2) is 60.3. The van der Waals surface area contributed by atoms with E-state index in [-0.39, 0.29) is 18.9 Å². The largest absolute Gasteiger partial charge is 0.394 e. The molecule has 12 N–H and O–H groups in total. The van der Waals surface area contributed by atoms with E-state index in [1.165, 1.54) is 250 Å². The zero-order valence-corrected chi connectivity index (χ0v) is 61.5. The zero-order chi connectivity index (χ0) is 71.1. The van der Waals surface area contributed by atoms with Gasteiger partial charge in [0.2, 0.25) is 5.91 Å². The van der Waals surface area contributed by atoms with Crippen LogP contribution in [-0.4, -0.2) is 193 Å². The second-order valence-electron chi connectivity index (χ2n) is 28.9. The molecule has 0 aromatic heterocycles. The van der Waals surface area contributed by atoms with Gasteiger partial charge in [-0.25, -0.2) is 0 Å². The molecule has 0 saturated carbocycles. The van der Waals surface area contributed by atoms with Crippen LogP contribution in [0.5, 0.6) is 0 Å². The van der Waals surface area contributed by atoms with E-state index in [0.717, 1.165) is 44.9 Å². The van der Waals surface area contributed by atoms with Gasteiger partial charge < -0.3 is 89.9 Å². The number of amides is 1. The third-order valence-corrected chi connectivity index (χ3v) is 20.2. The molecule has 0 radical (unpaired) electrons. The van der Waals surface area contributed by atoms with Gasteiger partial charge in [0, 0.05) is 6.42 Å². The SMILES string of the molecule is CCCCCC/C=C/CC/C=C/CC/C=C/C(O)C(COC1OC(CO)C(OC2OC(CO)C(OC3OC(CO)C(O)C(O)C3O)C(O)C2O)C(O)C1O)NC(=O)CCCCCCCCCCCCCCCCCCCCCCCCCCCCCCCCCCCCCCCCC. The summed E-state index contributed by atoms with van der Waals surface area (Å²) in [5, 5.41) is 121. The molecule has 19 nitrogen and oxygen atoms in total. The van der Waals surface area contributed by atoms with Crippen molar-refractivity contribution in [3.8, 4) is 0 Å². The molecule has 17 atom stereocenters. The molecule has 3 heterocycles. The molecular formula is C79H147NO18. The quantitative estimate of drug-likeness (QED) is 0.0199. The van der Waals surface area contributed by atoms with Crippen LogP contribution in [0.2, 0.25) is 0 Å². The minimum atomic E-state index is -1.98. The third kappa shape index (κ3) is 40.3. The number of carbonyl (C=O) groups is 1. The monoisotopic (exact) mass is 1400 g/mol. The van der Waals surface area contributed by atoms with Gasteiger partial charge >= 0.3 is 0 Å². The standard InChI is InChI=1S/C79H147NO18/c1-3-5-7-9-11-13-15-17-19-20-21-22-23-24-25-26-27-28-29-30-31-32-33-34-35-36-37-38-39-40-41-42-43-45-47-49-51-53-55-57-67(85)80-62(63(84)56-54-52-50-48-46-44-18-16-14-12-10-8-6-4-2)61-93-77-73(91)70(88)75(65(59-82)95-77)98-79-74(92)71(89)76(66(60-83)96-79)97-78-72(90)69(87)68(86)64(58-81)94-78/h14,16,46,48,54,56,62-66,68-79,81-84,86-92H,3-13,15,17-45,47,49-53,55,57-61H2,1-2H3,(H,80,85)/b16-14+,48-46+,56-54+. The van der Waals surface area contributed by atoms with E-state index >= 15 is 0 Å². The lowest BCUT2D eigenvalue weighted by Gasteiger charge is -2.48. The first kappa shape index (κ1) is 90.2. The number of aliphatic hydroxyl groups is 11. The highest BCUT2D eigenvalue weighted by Gasteiger charge is 2.54. The van der Waals surface area contributed by atoms with Gasteiger partial charge in [-0.05, 0) is 44.9 Å². The smallest absolute Gasteiger partial charge is 0.220 e. The molecule has 1 amide bonds. The van der Waals surface area contributed by atoms with Crippen LogP contribution in [0.1, 0.15) is 328 Å². The Kier molecular flexibility index (Phi) is 55.5. The first-order chi connectivity index (χ1) is 47.8. The van der Waals surface area contributed by atoms with E-state index in [2.05, 4.69) is 43.5 Å². The molecular weight excluding hydrogens is 1250 g/mol. The van der Waals surface area contributed by atoms with Crippen LogP contribution >= 0.6 is 0 Å². The maximum Gasteiger partial charge on any atom is 0.220 e. The highest BCUT2D eigenvalue weighted by Crippen LogP contribution is 2.33. The van der Waals surface area contributed by atoms with Gasteiger partial charge in [0.1, 0.15) is 73.2 Å².